The van der Waals surface area contributed by atoms with Crippen LogP contribution in [0.3, 0.4) is 0 Å². The van der Waals surface area contributed by atoms with Gasteiger partial charge in [-0.25, -0.2) is 4.39 Å². The molecule has 0 radical (unpaired) electrons. The van der Waals surface area contributed by atoms with E-state index in [1.807, 2.05) is 43.3 Å². The number of hydrogen-bond donors (Lipinski definition) is 1. The van der Waals surface area contributed by atoms with Gasteiger partial charge in [-0.2, -0.15) is 0 Å². The first kappa shape index (κ1) is 28.0. The molecule has 0 bridgehead atoms. The molecule has 0 aliphatic rings. The standard InChI is InChI=1S/C28H29Cl2FN2O2S/c1-2-14-32-28(35)26(15-20-6-4-3-5-7-20)33(17-21-8-12-24(31)13-9-21)27(34)19-36-18-22-10-11-23(29)16-25(22)30/h3-13,16,26H,2,14-15,17-19H2,1H3,(H,32,35)/t26-/m1/s1. The number of nitrogens with zero attached hydrogens (tertiary/aromatic N) is 1. The second kappa shape index (κ2) is 14.3. The molecular formula is C28H29Cl2FN2O2S. The molecule has 0 spiro atoms. The average molecular weight is 548 g/mol. The van der Waals surface area contributed by atoms with Crippen molar-refractivity contribution in [2.24, 2.45) is 0 Å². The van der Waals surface area contributed by atoms with Crippen molar-refractivity contribution in [3.05, 3.63) is 105 Å². The van der Waals surface area contributed by atoms with Gasteiger partial charge in [-0.05, 0) is 47.4 Å². The quantitative estimate of drug-likeness (QED) is 0.281. The number of carbonyl (C=O) groups excluding carboxylic acids is 2. The van der Waals surface area contributed by atoms with Crippen LogP contribution in [-0.2, 0) is 28.3 Å². The van der Waals surface area contributed by atoms with Crippen LogP contribution in [0.4, 0.5) is 4.39 Å². The number of nitrogens with one attached hydrogen (secondary N) is 1. The molecule has 1 atom stereocenters. The summed E-state index contributed by atoms with van der Waals surface area (Å²) in [4.78, 5) is 28.4. The first-order chi connectivity index (χ1) is 17.4. The molecule has 4 nitrogen and oxygen atoms in total. The molecule has 1 N–H and O–H groups in total. The predicted octanol–water partition coefficient (Wildman–Crippen LogP) is 6.53. The van der Waals surface area contributed by atoms with E-state index in [4.69, 9.17) is 23.2 Å². The second-order valence-corrected chi connectivity index (χ2v) is 10.2. The lowest BCUT2D eigenvalue weighted by Gasteiger charge is -2.31. The number of rotatable bonds is 12. The Morgan fingerprint density at radius 1 is 1.00 bits per heavy atom. The van der Waals surface area contributed by atoms with Gasteiger partial charge in [0.25, 0.3) is 0 Å². The van der Waals surface area contributed by atoms with Crippen molar-refractivity contribution in [3.8, 4) is 0 Å². The van der Waals surface area contributed by atoms with Crippen LogP contribution < -0.4 is 5.32 Å². The molecule has 0 unspecified atom stereocenters. The van der Waals surface area contributed by atoms with Gasteiger partial charge in [0.05, 0.1) is 5.75 Å². The van der Waals surface area contributed by atoms with Crippen LogP contribution in [0.1, 0.15) is 30.0 Å². The van der Waals surface area contributed by atoms with E-state index in [1.54, 1.807) is 29.2 Å². The molecular weight excluding hydrogens is 518 g/mol. The third-order valence-electron chi connectivity index (χ3n) is 5.58. The van der Waals surface area contributed by atoms with E-state index in [2.05, 4.69) is 5.32 Å². The fourth-order valence-corrected chi connectivity index (χ4v) is 5.15. The lowest BCUT2D eigenvalue weighted by molar-refractivity contribution is -0.139. The van der Waals surface area contributed by atoms with E-state index in [-0.39, 0.29) is 29.9 Å². The van der Waals surface area contributed by atoms with Crippen LogP contribution in [0.25, 0.3) is 0 Å². The predicted molar refractivity (Wildman–Crippen MR) is 147 cm³/mol. The number of halogens is 3. The Bertz CT molecular complexity index is 1150. The van der Waals surface area contributed by atoms with E-state index in [9.17, 15) is 14.0 Å². The van der Waals surface area contributed by atoms with Crippen molar-refractivity contribution in [1.29, 1.82) is 0 Å². The normalized spacial score (nSPS) is 11.7. The summed E-state index contributed by atoms with van der Waals surface area (Å²) >= 11 is 13.7. The highest BCUT2D eigenvalue weighted by molar-refractivity contribution is 7.99. The Hall–Kier alpha value is -2.54. The van der Waals surface area contributed by atoms with E-state index < -0.39 is 6.04 Å². The molecule has 8 heteroatoms. The highest BCUT2D eigenvalue weighted by atomic mass is 35.5. The zero-order chi connectivity index (χ0) is 25.9. The van der Waals surface area contributed by atoms with Crippen molar-refractivity contribution < 1.29 is 14.0 Å². The maximum Gasteiger partial charge on any atom is 0.243 e. The summed E-state index contributed by atoms with van der Waals surface area (Å²) in [6.07, 6.45) is 1.16. The molecule has 3 aromatic carbocycles. The maximum atomic E-state index is 13.6. The van der Waals surface area contributed by atoms with Gasteiger partial charge in [0.1, 0.15) is 11.9 Å². The van der Waals surface area contributed by atoms with Gasteiger partial charge in [0, 0.05) is 35.3 Å². The van der Waals surface area contributed by atoms with Gasteiger partial charge in [-0.15, -0.1) is 11.8 Å². The Balaban J connectivity index is 1.83. The van der Waals surface area contributed by atoms with E-state index in [0.29, 0.717) is 28.8 Å². The molecule has 3 aromatic rings. The van der Waals surface area contributed by atoms with Crippen LogP contribution >= 0.6 is 35.0 Å². The fraction of sp³-hybridized carbons (Fsp3) is 0.286. The van der Waals surface area contributed by atoms with Crippen molar-refractivity contribution in [2.45, 2.75) is 38.1 Å². The zero-order valence-corrected chi connectivity index (χ0v) is 22.4. The van der Waals surface area contributed by atoms with Gasteiger partial charge in [-0.1, -0.05) is 78.7 Å². The SMILES string of the molecule is CCCNC(=O)[C@@H](Cc1ccccc1)N(Cc1ccc(F)cc1)C(=O)CSCc1ccc(Cl)cc1Cl. The summed E-state index contributed by atoms with van der Waals surface area (Å²) in [6, 6.07) is 20.2. The first-order valence-corrected chi connectivity index (χ1v) is 13.7. The number of hydrogen-bond acceptors (Lipinski definition) is 3. The Labute approximate surface area is 226 Å². The van der Waals surface area contributed by atoms with Gasteiger partial charge < -0.3 is 10.2 Å². The Morgan fingerprint density at radius 2 is 1.72 bits per heavy atom. The van der Waals surface area contributed by atoms with Crippen molar-refractivity contribution in [1.82, 2.24) is 10.2 Å². The summed E-state index contributed by atoms with van der Waals surface area (Å²) in [5.74, 6) is -0.0539. The monoisotopic (exact) mass is 546 g/mol. The van der Waals surface area contributed by atoms with Crippen LogP contribution in [0.5, 0.6) is 0 Å². The minimum absolute atomic E-state index is 0.159. The molecule has 0 fully saturated rings. The van der Waals surface area contributed by atoms with Crippen LogP contribution in [0.15, 0.2) is 72.8 Å². The van der Waals surface area contributed by atoms with E-state index >= 15 is 0 Å². The lowest BCUT2D eigenvalue weighted by atomic mass is 10.0. The van der Waals surface area contributed by atoms with E-state index in [1.165, 1.54) is 23.9 Å². The highest BCUT2D eigenvalue weighted by Crippen LogP contribution is 2.25. The first-order valence-electron chi connectivity index (χ1n) is 11.7. The van der Waals surface area contributed by atoms with Crippen molar-refractivity contribution >= 4 is 46.8 Å². The molecule has 0 saturated heterocycles. The number of amides is 2. The Kier molecular flexibility index (Phi) is 11.1. The largest absolute Gasteiger partial charge is 0.354 e. The molecule has 0 saturated carbocycles. The van der Waals surface area contributed by atoms with Gasteiger partial charge >= 0.3 is 0 Å². The molecule has 36 heavy (non-hydrogen) atoms. The van der Waals surface area contributed by atoms with Crippen LogP contribution in [-0.4, -0.2) is 35.1 Å². The maximum absolute atomic E-state index is 13.6. The average Bonchev–Trinajstić information content (AvgIpc) is 2.87. The molecule has 3 rings (SSSR count). The second-order valence-electron chi connectivity index (χ2n) is 8.37. The summed E-state index contributed by atoms with van der Waals surface area (Å²) in [5.41, 5.74) is 2.58. The Morgan fingerprint density at radius 3 is 2.39 bits per heavy atom. The highest BCUT2D eigenvalue weighted by Gasteiger charge is 2.30. The number of benzene rings is 3. The third-order valence-corrected chi connectivity index (χ3v) is 7.14. The molecule has 0 heterocycles. The molecule has 0 aliphatic heterocycles. The zero-order valence-electron chi connectivity index (χ0n) is 20.1. The number of thioether (sulfide) groups is 1. The lowest BCUT2D eigenvalue weighted by Crippen LogP contribution is -2.51. The van der Waals surface area contributed by atoms with Crippen molar-refractivity contribution in [3.63, 3.8) is 0 Å². The minimum atomic E-state index is -0.712. The number of carbonyl (C=O) groups is 2. The van der Waals surface area contributed by atoms with Crippen LogP contribution in [0, 0.1) is 5.82 Å². The van der Waals surface area contributed by atoms with E-state index in [0.717, 1.165) is 23.1 Å². The van der Waals surface area contributed by atoms with Gasteiger partial charge in [-0.3, -0.25) is 9.59 Å². The fourth-order valence-electron chi connectivity index (χ4n) is 3.68. The minimum Gasteiger partial charge on any atom is -0.354 e. The van der Waals surface area contributed by atoms with Gasteiger partial charge in [0.2, 0.25) is 11.8 Å². The summed E-state index contributed by atoms with van der Waals surface area (Å²) in [7, 11) is 0. The summed E-state index contributed by atoms with van der Waals surface area (Å²) in [6.45, 7) is 2.69. The summed E-state index contributed by atoms with van der Waals surface area (Å²) < 4.78 is 13.5. The third kappa shape index (κ3) is 8.54. The van der Waals surface area contributed by atoms with Gasteiger partial charge in [0.15, 0.2) is 0 Å². The van der Waals surface area contributed by atoms with Crippen molar-refractivity contribution in [2.75, 3.05) is 12.3 Å². The molecule has 0 aromatic heterocycles. The summed E-state index contributed by atoms with van der Waals surface area (Å²) in [5, 5.41) is 4.05. The topological polar surface area (TPSA) is 49.4 Å². The van der Waals surface area contributed by atoms with Crippen LogP contribution in [0.2, 0.25) is 10.0 Å². The molecule has 0 aliphatic carbocycles. The smallest absolute Gasteiger partial charge is 0.243 e. The molecule has 190 valence electrons. The molecule has 2 amide bonds.